The number of halogens is 1. The first-order chi connectivity index (χ1) is 28.7. The van der Waals surface area contributed by atoms with Crippen LogP contribution in [-0.4, -0.2) is 0 Å². The van der Waals surface area contributed by atoms with Crippen LogP contribution >= 0.6 is 22.7 Å². The van der Waals surface area contributed by atoms with E-state index in [4.69, 9.17) is 0 Å². The number of thiophene rings is 2. The quantitative estimate of drug-likeness (QED) is 0.150. The SMILES string of the molecule is c1ccc2c(c1)[I-]c1c(-c3ccc(N(c4ccc(-c5cccc6c5sc5ccccc56)cc4)c4ccc(-c5cccc6c5sc5ccccc56)cc4)cc3)cccc1-2. The van der Waals surface area contributed by atoms with Gasteiger partial charge in [-0.3, -0.25) is 0 Å². The van der Waals surface area contributed by atoms with Gasteiger partial charge >= 0.3 is 210 Å². The second-order valence-electron chi connectivity index (χ2n) is 14.8. The molecule has 0 saturated carbocycles. The van der Waals surface area contributed by atoms with E-state index in [0.29, 0.717) is 0 Å². The molecular weight excluding hydrogens is 854 g/mol. The van der Waals surface area contributed by atoms with Gasteiger partial charge < -0.3 is 0 Å². The minimum atomic E-state index is -0.230. The molecule has 0 radical (unpaired) electrons. The number of hydrogen-bond donors (Lipinski definition) is 0. The summed E-state index contributed by atoms with van der Waals surface area (Å²) in [6, 6.07) is 74.3. The normalized spacial score (nSPS) is 12.2. The second-order valence-corrected chi connectivity index (χ2v) is 19.7. The van der Waals surface area contributed by atoms with Crippen LogP contribution in [0.5, 0.6) is 0 Å². The van der Waals surface area contributed by atoms with Gasteiger partial charge in [-0.05, 0) is 12.1 Å². The summed E-state index contributed by atoms with van der Waals surface area (Å²) in [5, 5.41) is 5.31. The Bertz CT molecular complexity index is 3200. The summed E-state index contributed by atoms with van der Waals surface area (Å²) in [5.74, 6) is 0. The summed E-state index contributed by atoms with van der Waals surface area (Å²) < 4.78 is 8.38. The topological polar surface area (TPSA) is 3.24 Å². The molecule has 9 aromatic carbocycles. The second kappa shape index (κ2) is 13.8. The molecule has 12 rings (SSSR count). The van der Waals surface area contributed by atoms with Gasteiger partial charge in [0, 0.05) is 40.3 Å². The summed E-state index contributed by atoms with van der Waals surface area (Å²) in [6.45, 7) is 0. The van der Waals surface area contributed by atoms with Gasteiger partial charge in [0.25, 0.3) is 0 Å². The third-order valence-corrected chi connectivity index (χ3v) is 17.1. The Morgan fingerprint density at radius 1 is 0.310 bits per heavy atom. The zero-order valence-corrected chi connectivity index (χ0v) is 35.0. The van der Waals surface area contributed by atoms with Crippen molar-refractivity contribution >= 4 is 80.1 Å². The molecule has 0 amide bonds. The molecule has 0 N–H and O–H groups in total. The third kappa shape index (κ3) is 5.54. The van der Waals surface area contributed by atoms with Crippen molar-refractivity contribution in [2.75, 3.05) is 4.90 Å². The zero-order chi connectivity index (χ0) is 38.2. The summed E-state index contributed by atoms with van der Waals surface area (Å²) in [7, 11) is 0. The molecule has 274 valence electrons. The van der Waals surface area contributed by atoms with Crippen LogP contribution in [0.15, 0.2) is 200 Å². The van der Waals surface area contributed by atoms with E-state index in [1.165, 1.54) is 92.0 Å². The van der Waals surface area contributed by atoms with Crippen molar-refractivity contribution < 1.29 is 21.2 Å². The van der Waals surface area contributed by atoms with E-state index >= 15 is 0 Å². The van der Waals surface area contributed by atoms with E-state index in [2.05, 4.69) is 205 Å². The predicted molar refractivity (Wildman–Crippen MR) is 246 cm³/mol. The predicted octanol–water partition coefficient (Wildman–Crippen LogP) is 13.0. The van der Waals surface area contributed by atoms with Gasteiger partial charge in [0.1, 0.15) is 0 Å². The van der Waals surface area contributed by atoms with Gasteiger partial charge in [0.2, 0.25) is 0 Å². The number of hydrogen-bond acceptors (Lipinski definition) is 3. The Balaban J connectivity index is 0.946. The van der Waals surface area contributed by atoms with E-state index in [0.717, 1.165) is 17.1 Å². The Labute approximate surface area is 355 Å². The Morgan fingerprint density at radius 3 is 1.26 bits per heavy atom. The fourth-order valence-electron chi connectivity index (χ4n) is 8.69. The number of fused-ring (bicyclic) bond motifs is 9. The van der Waals surface area contributed by atoms with Crippen LogP contribution in [0.25, 0.3) is 84.9 Å². The monoisotopic (exact) mass is 886 g/mol. The van der Waals surface area contributed by atoms with Gasteiger partial charge in [-0.15, -0.1) is 22.7 Å². The van der Waals surface area contributed by atoms with Gasteiger partial charge in [-0.25, -0.2) is 0 Å². The Kier molecular flexibility index (Phi) is 8.10. The maximum absolute atomic E-state index is 2.40. The molecule has 0 spiro atoms. The molecule has 1 nitrogen and oxygen atoms in total. The van der Waals surface area contributed by atoms with Gasteiger partial charge in [-0.1, -0.05) is 72.8 Å². The molecule has 4 heteroatoms. The van der Waals surface area contributed by atoms with Crippen molar-refractivity contribution in [3.8, 4) is 44.5 Å². The summed E-state index contributed by atoms with van der Waals surface area (Å²) in [4.78, 5) is 2.40. The zero-order valence-electron chi connectivity index (χ0n) is 31.2. The molecule has 0 bridgehead atoms. The summed E-state index contributed by atoms with van der Waals surface area (Å²) in [6.07, 6.45) is 0. The molecule has 0 atom stereocenters. The van der Waals surface area contributed by atoms with Crippen molar-refractivity contribution in [1.29, 1.82) is 0 Å². The molecule has 0 aliphatic carbocycles. The maximum atomic E-state index is 2.40. The first-order valence-electron chi connectivity index (χ1n) is 19.5. The van der Waals surface area contributed by atoms with Crippen molar-refractivity contribution in [2.45, 2.75) is 0 Å². The van der Waals surface area contributed by atoms with Crippen LogP contribution in [0.3, 0.4) is 0 Å². The minimum absolute atomic E-state index is 0.230. The molecule has 0 unspecified atom stereocenters. The fraction of sp³-hybridized carbons (Fsp3) is 0. The van der Waals surface area contributed by atoms with Crippen LogP contribution in [0.2, 0.25) is 0 Å². The number of benzene rings is 9. The van der Waals surface area contributed by atoms with E-state index in [1.807, 2.05) is 22.7 Å². The van der Waals surface area contributed by atoms with E-state index < -0.39 is 0 Å². The molecule has 1 aliphatic rings. The van der Waals surface area contributed by atoms with Crippen LogP contribution in [-0.2, 0) is 0 Å². The number of nitrogens with zero attached hydrogens (tertiary/aromatic N) is 1. The first kappa shape index (κ1) is 34.0. The van der Waals surface area contributed by atoms with E-state index in [-0.39, 0.29) is 21.2 Å². The van der Waals surface area contributed by atoms with Crippen LogP contribution in [0, 0.1) is 7.14 Å². The van der Waals surface area contributed by atoms with Crippen molar-refractivity contribution in [3.63, 3.8) is 0 Å². The van der Waals surface area contributed by atoms with Crippen LogP contribution in [0.1, 0.15) is 0 Å². The molecule has 58 heavy (non-hydrogen) atoms. The van der Waals surface area contributed by atoms with Crippen molar-refractivity contribution in [1.82, 2.24) is 0 Å². The molecule has 0 saturated heterocycles. The van der Waals surface area contributed by atoms with Gasteiger partial charge in [-0.2, -0.15) is 0 Å². The molecule has 2 aromatic heterocycles. The number of anilines is 3. The van der Waals surface area contributed by atoms with Gasteiger partial charge in [0.15, 0.2) is 0 Å². The molecule has 3 heterocycles. The fourth-order valence-corrected chi connectivity index (χ4v) is 14.4. The van der Waals surface area contributed by atoms with Crippen molar-refractivity contribution in [2.24, 2.45) is 0 Å². The van der Waals surface area contributed by atoms with E-state index in [9.17, 15) is 0 Å². The third-order valence-electron chi connectivity index (χ3n) is 11.5. The van der Waals surface area contributed by atoms with Crippen molar-refractivity contribution in [3.05, 3.63) is 207 Å². The van der Waals surface area contributed by atoms with Gasteiger partial charge in [0.05, 0.1) is 0 Å². The van der Waals surface area contributed by atoms with Crippen LogP contribution in [0.4, 0.5) is 17.1 Å². The molecule has 11 aromatic rings. The Hall–Kier alpha value is -6.05. The van der Waals surface area contributed by atoms with E-state index in [1.54, 1.807) is 0 Å². The molecular formula is C54H33INS2-. The summed E-state index contributed by atoms with van der Waals surface area (Å²) in [5.41, 5.74) is 13.8. The number of rotatable bonds is 6. The molecule has 0 fully saturated rings. The average molecular weight is 887 g/mol. The molecule has 1 aliphatic heterocycles. The average Bonchev–Trinajstić information content (AvgIpc) is 3.99. The Morgan fingerprint density at radius 2 is 0.707 bits per heavy atom. The summed E-state index contributed by atoms with van der Waals surface area (Å²) >= 11 is 3.54. The van der Waals surface area contributed by atoms with Crippen LogP contribution < -0.4 is 26.1 Å². The first-order valence-corrected chi connectivity index (χ1v) is 23.3. The standard InChI is InChI=1S/C54H33INS2/c1-4-19-49-43(10-1)46-16-7-13-40(52(46)55-49)34-22-28-37(29-23-34)56(38-30-24-35(25-31-38)41-14-8-17-47-44-11-2-5-20-50(44)57-53(41)47)39-32-26-36(27-33-39)42-15-9-18-48-45-12-3-6-21-51(45)58-54(42)48/h1-33H/q-1.